The molecule has 4 aromatic rings. The lowest BCUT2D eigenvalue weighted by Crippen LogP contribution is -2.30. The molecule has 2 aromatic heterocycles. The van der Waals surface area contributed by atoms with Gasteiger partial charge in [0.2, 0.25) is 5.75 Å². The number of fused-ring (bicyclic) bond motifs is 1. The van der Waals surface area contributed by atoms with Gasteiger partial charge < -0.3 is 18.8 Å². The number of aryl methyl sites for hydroxylation is 3. The van der Waals surface area contributed by atoms with Crippen molar-refractivity contribution in [3.05, 3.63) is 65.8 Å². The average molecular weight is 507 g/mol. The van der Waals surface area contributed by atoms with E-state index >= 15 is 0 Å². The van der Waals surface area contributed by atoms with Crippen molar-refractivity contribution in [3.63, 3.8) is 0 Å². The van der Waals surface area contributed by atoms with Crippen molar-refractivity contribution in [2.24, 2.45) is 0 Å². The molecule has 0 aliphatic carbocycles. The van der Waals surface area contributed by atoms with Crippen LogP contribution >= 0.6 is 11.3 Å². The van der Waals surface area contributed by atoms with Gasteiger partial charge >= 0.3 is 0 Å². The van der Waals surface area contributed by atoms with Crippen LogP contribution < -0.4 is 19.1 Å². The van der Waals surface area contributed by atoms with E-state index in [9.17, 15) is 4.79 Å². The quantitative estimate of drug-likeness (QED) is 0.273. The maximum Gasteiger partial charge on any atom is 0.252 e. The molecule has 0 aliphatic heterocycles. The van der Waals surface area contributed by atoms with Gasteiger partial charge in [-0.2, -0.15) is 0 Å². The third-order valence-electron chi connectivity index (χ3n) is 5.89. The fourth-order valence-corrected chi connectivity index (χ4v) is 5.09. The Balaban J connectivity index is 1.64. The summed E-state index contributed by atoms with van der Waals surface area (Å²) in [4.78, 5) is 24.2. The van der Waals surface area contributed by atoms with E-state index < -0.39 is 0 Å². The molecule has 0 unspecified atom stereocenters. The zero-order chi connectivity index (χ0) is 25.7. The van der Waals surface area contributed by atoms with Gasteiger partial charge in [0, 0.05) is 31.6 Å². The maximum absolute atomic E-state index is 13.5. The summed E-state index contributed by atoms with van der Waals surface area (Å²) >= 11 is 1.55. The summed E-state index contributed by atoms with van der Waals surface area (Å²) in [7, 11) is 4.69. The van der Waals surface area contributed by atoms with Gasteiger partial charge in [0.25, 0.3) is 5.91 Å². The number of carbonyl (C=O) groups is 1. The van der Waals surface area contributed by atoms with Crippen LogP contribution in [0.1, 0.15) is 23.1 Å². The topological polar surface area (TPSA) is 78.7 Å². The second-order valence-corrected chi connectivity index (χ2v) is 9.29. The van der Waals surface area contributed by atoms with Gasteiger partial charge in [0.1, 0.15) is 0 Å². The molecule has 0 aliphatic rings. The Morgan fingerprint density at radius 1 is 1.08 bits per heavy atom. The minimum Gasteiger partial charge on any atom is -0.493 e. The van der Waals surface area contributed by atoms with Crippen LogP contribution in [0.4, 0.5) is 5.13 Å². The van der Waals surface area contributed by atoms with Crippen LogP contribution in [0.25, 0.3) is 16.3 Å². The Kier molecular flexibility index (Phi) is 7.90. The number of amides is 1. The van der Waals surface area contributed by atoms with Crippen LogP contribution in [-0.2, 0) is 11.3 Å². The van der Waals surface area contributed by atoms with Crippen molar-refractivity contribution in [2.75, 3.05) is 32.8 Å². The molecular weight excluding hydrogens is 476 g/mol. The molecule has 0 N–H and O–H groups in total. The van der Waals surface area contributed by atoms with Crippen molar-refractivity contribution in [3.8, 4) is 17.2 Å². The third kappa shape index (κ3) is 5.36. The molecule has 0 spiro atoms. The van der Waals surface area contributed by atoms with Crippen molar-refractivity contribution in [1.82, 2.24) is 14.5 Å². The standard InChI is InChI=1S/C27H30N4O4S/c1-18-7-8-19(2)26-24(18)29-27(36-26)31(13-6-12-30-14-11-28-17-30)23(32)10-9-20-15-21(33-3)25(35-5)22(16-20)34-4/h7-11,14-17H,6,12-13H2,1-5H3/b10-9+. The zero-order valence-electron chi connectivity index (χ0n) is 21.1. The molecule has 1 amide bonds. The molecule has 2 aromatic carbocycles. The molecule has 36 heavy (non-hydrogen) atoms. The fourth-order valence-electron chi connectivity index (χ4n) is 3.95. The summed E-state index contributed by atoms with van der Waals surface area (Å²) in [5, 5.41) is 0.688. The van der Waals surface area contributed by atoms with E-state index in [1.165, 1.54) is 0 Å². The van der Waals surface area contributed by atoms with Crippen molar-refractivity contribution >= 4 is 38.7 Å². The molecule has 0 saturated heterocycles. The van der Waals surface area contributed by atoms with Gasteiger partial charge in [-0.25, -0.2) is 9.97 Å². The number of anilines is 1. The van der Waals surface area contributed by atoms with E-state index in [1.54, 1.807) is 74.4 Å². The zero-order valence-corrected chi connectivity index (χ0v) is 22.0. The molecule has 9 heteroatoms. The summed E-state index contributed by atoms with van der Waals surface area (Å²) in [6.45, 7) is 5.39. The second-order valence-electron chi connectivity index (χ2n) is 8.31. The highest BCUT2D eigenvalue weighted by atomic mass is 32.1. The first kappa shape index (κ1) is 25.2. The Hall–Kier alpha value is -3.85. The van der Waals surface area contributed by atoms with Crippen LogP contribution in [0.3, 0.4) is 0 Å². The summed E-state index contributed by atoms with van der Waals surface area (Å²) in [5.74, 6) is 1.41. The van der Waals surface area contributed by atoms with Gasteiger partial charge in [-0.15, -0.1) is 0 Å². The molecule has 0 saturated carbocycles. The van der Waals surface area contributed by atoms with Crippen molar-refractivity contribution in [1.29, 1.82) is 0 Å². The van der Waals surface area contributed by atoms with Crippen molar-refractivity contribution < 1.29 is 19.0 Å². The molecule has 188 valence electrons. The second kappa shape index (κ2) is 11.3. The smallest absolute Gasteiger partial charge is 0.252 e. The van der Waals surface area contributed by atoms with E-state index in [4.69, 9.17) is 19.2 Å². The SMILES string of the molecule is COc1cc(/C=C/C(=O)N(CCCn2ccnc2)c2nc3c(C)ccc(C)c3s2)cc(OC)c1OC. The Morgan fingerprint density at radius 3 is 2.42 bits per heavy atom. The first-order chi connectivity index (χ1) is 17.4. The third-order valence-corrected chi connectivity index (χ3v) is 7.10. The summed E-state index contributed by atoms with van der Waals surface area (Å²) in [6.07, 6.45) is 9.52. The highest BCUT2D eigenvalue weighted by molar-refractivity contribution is 7.22. The summed E-state index contributed by atoms with van der Waals surface area (Å²) in [5.41, 5.74) is 3.94. The Morgan fingerprint density at radius 2 is 1.81 bits per heavy atom. The fraction of sp³-hybridized carbons (Fsp3) is 0.296. The van der Waals surface area contributed by atoms with Gasteiger partial charge in [0.05, 0.1) is 37.9 Å². The minimum absolute atomic E-state index is 0.149. The minimum atomic E-state index is -0.149. The lowest BCUT2D eigenvalue weighted by atomic mass is 10.1. The van der Waals surface area contributed by atoms with Crippen LogP contribution in [-0.4, -0.2) is 48.3 Å². The summed E-state index contributed by atoms with van der Waals surface area (Å²) in [6, 6.07) is 7.77. The molecule has 8 nitrogen and oxygen atoms in total. The van der Waals surface area contributed by atoms with E-state index in [-0.39, 0.29) is 5.91 Å². The predicted octanol–water partition coefficient (Wildman–Crippen LogP) is 5.27. The monoisotopic (exact) mass is 506 g/mol. The number of hydrogen-bond donors (Lipinski definition) is 0. The molecule has 0 atom stereocenters. The van der Waals surface area contributed by atoms with E-state index in [0.29, 0.717) is 28.9 Å². The number of methoxy groups -OCH3 is 3. The lowest BCUT2D eigenvalue weighted by Gasteiger charge is -2.18. The van der Waals surface area contributed by atoms with E-state index in [2.05, 4.69) is 24.0 Å². The number of benzene rings is 2. The molecular formula is C27H30N4O4S. The molecule has 0 bridgehead atoms. The number of carbonyl (C=O) groups excluding carboxylic acids is 1. The normalized spacial score (nSPS) is 11.2. The largest absolute Gasteiger partial charge is 0.493 e. The van der Waals surface area contributed by atoms with Gasteiger partial charge in [-0.3, -0.25) is 9.69 Å². The highest BCUT2D eigenvalue weighted by Gasteiger charge is 2.20. The lowest BCUT2D eigenvalue weighted by molar-refractivity contribution is -0.114. The Bertz CT molecular complexity index is 1310. The number of thiazole rings is 1. The first-order valence-electron chi connectivity index (χ1n) is 11.6. The number of nitrogens with zero attached hydrogens (tertiary/aromatic N) is 4. The van der Waals surface area contributed by atoms with Gasteiger partial charge in [0.15, 0.2) is 16.6 Å². The molecule has 4 rings (SSSR count). The van der Waals surface area contributed by atoms with E-state index in [0.717, 1.165) is 39.9 Å². The van der Waals surface area contributed by atoms with Crippen molar-refractivity contribution in [2.45, 2.75) is 26.8 Å². The number of hydrogen-bond acceptors (Lipinski definition) is 7. The number of rotatable bonds is 10. The van der Waals surface area contributed by atoms with Crippen LogP contribution in [0.2, 0.25) is 0 Å². The molecule has 0 radical (unpaired) electrons. The number of aromatic nitrogens is 3. The van der Waals surface area contributed by atoms with Gasteiger partial charge in [-0.1, -0.05) is 23.5 Å². The Labute approximate surface area is 214 Å². The van der Waals surface area contributed by atoms with Gasteiger partial charge in [-0.05, 0) is 55.2 Å². The number of ether oxygens (including phenoxy) is 3. The van der Waals surface area contributed by atoms with E-state index in [1.807, 2.05) is 17.7 Å². The highest BCUT2D eigenvalue weighted by Crippen LogP contribution is 2.38. The predicted molar refractivity (Wildman–Crippen MR) is 143 cm³/mol. The molecule has 0 fully saturated rings. The van der Waals surface area contributed by atoms with Crippen LogP contribution in [0, 0.1) is 13.8 Å². The van der Waals surface area contributed by atoms with Crippen LogP contribution in [0.5, 0.6) is 17.2 Å². The first-order valence-corrected chi connectivity index (χ1v) is 12.4. The number of imidazole rings is 1. The average Bonchev–Trinajstić information content (AvgIpc) is 3.57. The van der Waals surface area contributed by atoms with Crippen LogP contribution in [0.15, 0.2) is 49.1 Å². The summed E-state index contributed by atoms with van der Waals surface area (Å²) < 4.78 is 19.4. The molecule has 2 heterocycles. The maximum atomic E-state index is 13.5.